The predicted octanol–water partition coefficient (Wildman–Crippen LogP) is 1.72. The summed E-state index contributed by atoms with van der Waals surface area (Å²) < 4.78 is 0. The topological polar surface area (TPSA) is 68.9 Å². The van der Waals surface area contributed by atoms with E-state index in [1.165, 1.54) is 0 Å². The second-order valence-corrected chi connectivity index (χ2v) is 4.04. The van der Waals surface area contributed by atoms with Gasteiger partial charge in [-0.25, -0.2) is 0 Å². The SMILES string of the molecule is CCN(CC)c1nc(Cl)nc(N(C)CCC#N)n1. The van der Waals surface area contributed by atoms with Crippen molar-refractivity contribution in [1.82, 2.24) is 15.0 Å². The number of aromatic nitrogens is 3. The maximum atomic E-state index is 8.57. The molecule has 1 aromatic heterocycles. The lowest BCUT2D eigenvalue weighted by molar-refractivity contribution is 0.790. The van der Waals surface area contributed by atoms with Crippen LogP contribution >= 0.6 is 11.6 Å². The normalized spacial score (nSPS) is 9.94. The summed E-state index contributed by atoms with van der Waals surface area (Å²) in [5.74, 6) is 1.06. The third kappa shape index (κ3) is 3.70. The predicted molar refractivity (Wildman–Crippen MR) is 71.9 cm³/mol. The Labute approximate surface area is 112 Å². The van der Waals surface area contributed by atoms with Gasteiger partial charge in [-0.15, -0.1) is 0 Å². The molecule has 7 heteroatoms. The van der Waals surface area contributed by atoms with Gasteiger partial charge >= 0.3 is 0 Å². The van der Waals surface area contributed by atoms with Crippen molar-refractivity contribution in [3.63, 3.8) is 0 Å². The van der Waals surface area contributed by atoms with Crippen molar-refractivity contribution in [2.75, 3.05) is 36.5 Å². The minimum atomic E-state index is 0.172. The number of nitrogens with zero attached hydrogens (tertiary/aromatic N) is 6. The summed E-state index contributed by atoms with van der Waals surface area (Å²) in [5, 5.41) is 8.74. The maximum Gasteiger partial charge on any atom is 0.231 e. The molecule has 0 aliphatic rings. The molecule has 1 aromatic rings. The van der Waals surface area contributed by atoms with Gasteiger partial charge in [-0.1, -0.05) is 0 Å². The molecule has 0 saturated carbocycles. The van der Waals surface area contributed by atoms with Crippen LogP contribution in [0, 0.1) is 11.3 Å². The number of anilines is 2. The van der Waals surface area contributed by atoms with Crippen molar-refractivity contribution < 1.29 is 0 Å². The van der Waals surface area contributed by atoms with Crippen molar-refractivity contribution in [2.45, 2.75) is 20.3 Å². The number of nitriles is 1. The second-order valence-electron chi connectivity index (χ2n) is 3.71. The first-order valence-electron chi connectivity index (χ1n) is 5.87. The van der Waals surface area contributed by atoms with Gasteiger partial charge in [-0.2, -0.15) is 20.2 Å². The minimum Gasteiger partial charge on any atom is -0.343 e. The molecule has 0 bridgehead atoms. The van der Waals surface area contributed by atoms with Gasteiger partial charge in [0.1, 0.15) is 0 Å². The standard InChI is InChI=1S/C11H17ClN6/c1-4-18(5-2)11-15-9(12)14-10(16-11)17(3)8-6-7-13/h4-6,8H2,1-3H3. The van der Waals surface area contributed by atoms with Crippen molar-refractivity contribution in [3.8, 4) is 6.07 Å². The van der Waals surface area contributed by atoms with Gasteiger partial charge in [-0.3, -0.25) is 0 Å². The molecule has 1 rings (SSSR count). The largest absolute Gasteiger partial charge is 0.343 e. The first-order chi connectivity index (χ1) is 8.62. The van der Waals surface area contributed by atoms with Crippen molar-refractivity contribution in [3.05, 3.63) is 5.28 Å². The Morgan fingerprint density at radius 3 is 2.33 bits per heavy atom. The first-order valence-corrected chi connectivity index (χ1v) is 6.24. The van der Waals surface area contributed by atoms with Gasteiger partial charge in [0.25, 0.3) is 0 Å². The van der Waals surface area contributed by atoms with Gasteiger partial charge in [0.05, 0.1) is 12.5 Å². The van der Waals surface area contributed by atoms with Gasteiger partial charge in [-0.05, 0) is 25.4 Å². The summed E-state index contributed by atoms with van der Waals surface area (Å²) in [4.78, 5) is 16.3. The number of halogens is 1. The van der Waals surface area contributed by atoms with E-state index in [0.717, 1.165) is 13.1 Å². The number of hydrogen-bond donors (Lipinski definition) is 0. The van der Waals surface area contributed by atoms with Gasteiger partial charge in [0.2, 0.25) is 17.2 Å². The van der Waals surface area contributed by atoms with Crippen LogP contribution in [-0.4, -0.2) is 41.6 Å². The monoisotopic (exact) mass is 268 g/mol. The molecule has 0 atom stereocenters. The molecule has 0 aliphatic heterocycles. The van der Waals surface area contributed by atoms with Crippen LogP contribution in [0.3, 0.4) is 0 Å². The molecule has 6 nitrogen and oxygen atoms in total. The van der Waals surface area contributed by atoms with E-state index in [1.807, 2.05) is 25.8 Å². The summed E-state index contributed by atoms with van der Waals surface area (Å²) in [6.07, 6.45) is 0.417. The van der Waals surface area contributed by atoms with Gasteiger partial charge < -0.3 is 9.80 Å². The summed E-state index contributed by atoms with van der Waals surface area (Å²) >= 11 is 5.91. The molecule has 0 fully saturated rings. The lowest BCUT2D eigenvalue weighted by Crippen LogP contribution is -2.27. The fourth-order valence-corrected chi connectivity index (χ4v) is 1.62. The van der Waals surface area contributed by atoms with Crippen LogP contribution in [0.2, 0.25) is 5.28 Å². The van der Waals surface area contributed by atoms with E-state index in [0.29, 0.717) is 24.9 Å². The highest BCUT2D eigenvalue weighted by Crippen LogP contribution is 2.15. The second kappa shape index (κ2) is 6.97. The highest BCUT2D eigenvalue weighted by molar-refractivity contribution is 6.28. The Bertz CT molecular complexity index is 426. The third-order valence-electron chi connectivity index (χ3n) is 2.53. The molecule has 0 unspecified atom stereocenters. The first kappa shape index (κ1) is 14.5. The van der Waals surface area contributed by atoms with Gasteiger partial charge in [0.15, 0.2) is 0 Å². The molecule has 0 aromatic carbocycles. The zero-order valence-electron chi connectivity index (χ0n) is 10.9. The molecule has 0 radical (unpaired) electrons. The zero-order chi connectivity index (χ0) is 13.5. The Kier molecular flexibility index (Phi) is 5.59. The van der Waals surface area contributed by atoms with Gasteiger partial charge in [0, 0.05) is 26.7 Å². The van der Waals surface area contributed by atoms with Crippen LogP contribution in [0.5, 0.6) is 0 Å². The lowest BCUT2D eigenvalue weighted by atomic mass is 10.4. The van der Waals surface area contributed by atoms with Crippen molar-refractivity contribution in [2.24, 2.45) is 0 Å². The van der Waals surface area contributed by atoms with Crippen molar-refractivity contribution >= 4 is 23.5 Å². The number of hydrogen-bond acceptors (Lipinski definition) is 6. The molecule has 0 aliphatic carbocycles. The molecule has 0 saturated heterocycles. The smallest absolute Gasteiger partial charge is 0.231 e. The van der Waals surface area contributed by atoms with E-state index < -0.39 is 0 Å². The summed E-state index contributed by atoms with van der Waals surface area (Å²) in [7, 11) is 1.83. The van der Waals surface area contributed by atoms with Crippen LogP contribution in [0.25, 0.3) is 0 Å². The Morgan fingerprint density at radius 2 is 1.78 bits per heavy atom. The molecular formula is C11H17ClN6. The minimum absolute atomic E-state index is 0.172. The van der Waals surface area contributed by atoms with E-state index in [2.05, 4.69) is 21.0 Å². The fraction of sp³-hybridized carbons (Fsp3) is 0.636. The highest BCUT2D eigenvalue weighted by atomic mass is 35.5. The van der Waals surface area contributed by atoms with Crippen LogP contribution in [0.1, 0.15) is 20.3 Å². The third-order valence-corrected chi connectivity index (χ3v) is 2.70. The Hall–Kier alpha value is -1.61. The molecule has 18 heavy (non-hydrogen) atoms. The van der Waals surface area contributed by atoms with Crippen LogP contribution in [0.4, 0.5) is 11.9 Å². The fourth-order valence-electron chi connectivity index (χ4n) is 1.47. The van der Waals surface area contributed by atoms with Crippen LogP contribution in [-0.2, 0) is 0 Å². The molecular weight excluding hydrogens is 252 g/mol. The average Bonchev–Trinajstić information content (AvgIpc) is 2.36. The molecule has 0 amide bonds. The number of rotatable bonds is 6. The summed E-state index contributed by atoms with van der Waals surface area (Å²) in [5.41, 5.74) is 0. The lowest BCUT2D eigenvalue weighted by Gasteiger charge is -2.21. The zero-order valence-corrected chi connectivity index (χ0v) is 11.6. The van der Waals surface area contributed by atoms with E-state index >= 15 is 0 Å². The van der Waals surface area contributed by atoms with E-state index in [4.69, 9.17) is 16.9 Å². The quantitative estimate of drug-likeness (QED) is 0.782. The van der Waals surface area contributed by atoms with E-state index in [1.54, 1.807) is 4.90 Å². The van der Waals surface area contributed by atoms with E-state index in [9.17, 15) is 0 Å². The maximum absolute atomic E-state index is 8.57. The Morgan fingerprint density at radius 1 is 1.17 bits per heavy atom. The molecule has 0 spiro atoms. The molecule has 0 N–H and O–H groups in total. The highest BCUT2D eigenvalue weighted by Gasteiger charge is 2.12. The van der Waals surface area contributed by atoms with Crippen molar-refractivity contribution in [1.29, 1.82) is 5.26 Å². The summed E-state index contributed by atoms with van der Waals surface area (Å²) in [6, 6.07) is 2.09. The Balaban J connectivity index is 2.96. The average molecular weight is 269 g/mol. The van der Waals surface area contributed by atoms with Crippen LogP contribution in [0.15, 0.2) is 0 Å². The van der Waals surface area contributed by atoms with E-state index in [-0.39, 0.29) is 5.28 Å². The molecule has 1 heterocycles. The summed E-state index contributed by atoms with van der Waals surface area (Å²) in [6.45, 7) is 6.23. The molecule has 98 valence electrons. The van der Waals surface area contributed by atoms with Crippen LogP contribution < -0.4 is 9.80 Å².